The number of benzene rings is 4. The summed E-state index contributed by atoms with van der Waals surface area (Å²) in [6, 6.07) is 15.4. The van der Waals surface area contributed by atoms with Gasteiger partial charge in [0.25, 0.3) is 0 Å². The minimum absolute atomic E-state index is 0.116. The molecular weight excluding hydrogens is 1110 g/mol. The molecule has 8 heterocycles. The fourth-order valence-electron chi connectivity index (χ4n) is 16.2. The lowest BCUT2D eigenvalue weighted by Crippen LogP contribution is -2.48. The van der Waals surface area contributed by atoms with Crippen LogP contribution in [-0.2, 0) is 61.7 Å². The van der Waals surface area contributed by atoms with Crippen molar-refractivity contribution in [1.29, 1.82) is 0 Å². The molecular formula is C72H104N4O12. The third kappa shape index (κ3) is 15.5. The average molecular weight is 1220 g/mol. The summed E-state index contributed by atoms with van der Waals surface area (Å²) in [5.74, 6) is 4.73. The number of phenols is 4. The van der Waals surface area contributed by atoms with E-state index in [1.165, 1.54) is 11.1 Å². The molecule has 4 aromatic carbocycles. The van der Waals surface area contributed by atoms with Gasteiger partial charge in [-0.25, -0.2) is 0 Å². The predicted octanol–water partition coefficient (Wildman–Crippen LogP) is 9.26. The number of aromatic hydroxyl groups is 4. The number of nitrogens with zero attached hydrogens (tertiary/aromatic N) is 4. The Hall–Kier alpha value is -4.98. The molecule has 0 saturated carbocycles. The standard InChI is InChI=1S/2C18H27NO3.2C18H25NO3/c4*1-11(2)5-13-9-19-4-3-12-7-17(21)14(10-20)6-15(12)16(19)8-18(13)22/h2*6-7,11,13,16,18,20-22H,3-5,8-10H2,1-2H3;2*6-7,11,13,16,20-21H,3-5,8-10H2,1-2H3/t13?,16-,18+;13-,16?,18+;13?,16-;13-,16?/m1010/s1. The number of fused-ring (bicyclic) bond motifs is 12. The third-order valence-electron chi connectivity index (χ3n) is 20.5. The summed E-state index contributed by atoms with van der Waals surface area (Å²) in [6.07, 6.45) is 9.79. The summed E-state index contributed by atoms with van der Waals surface area (Å²) >= 11 is 0. The number of ketones is 2. The average Bonchev–Trinajstić information content (AvgIpc) is 1.12. The van der Waals surface area contributed by atoms with Crippen LogP contribution in [0.4, 0.5) is 0 Å². The maximum Gasteiger partial charge on any atom is 0.139 e. The highest BCUT2D eigenvalue weighted by atomic mass is 16.3. The molecule has 4 aromatic rings. The van der Waals surface area contributed by atoms with Crippen molar-refractivity contribution in [3.8, 4) is 23.0 Å². The van der Waals surface area contributed by atoms with E-state index >= 15 is 0 Å². The Bertz CT molecular complexity index is 2850. The largest absolute Gasteiger partial charge is 0.508 e. The van der Waals surface area contributed by atoms with Crippen LogP contribution >= 0.6 is 0 Å². The Balaban J connectivity index is 0.000000140. The number of hydrogen-bond donors (Lipinski definition) is 10. The molecule has 88 heavy (non-hydrogen) atoms. The molecule has 8 aliphatic rings. The first-order valence-electron chi connectivity index (χ1n) is 33.2. The summed E-state index contributed by atoms with van der Waals surface area (Å²) in [6.45, 7) is 24.3. The Morgan fingerprint density at radius 1 is 0.386 bits per heavy atom. The first kappa shape index (κ1) is 67.4. The molecule has 10 atom stereocenters. The van der Waals surface area contributed by atoms with Gasteiger partial charge in [0.2, 0.25) is 0 Å². The molecule has 8 aliphatic heterocycles. The number of carbonyl (C=O) groups excluding carboxylic acids is 2. The van der Waals surface area contributed by atoms with E-state index in [0.717, 1.165) is 150 Å². The molecule has 0 radical (unpaired) electrons. The number of piperidine rings is 4. The van der Waals surface area contributed by atoms with Gasteiger partial charge in [0, 0.05) is 123 Å². The van der Waals surface area contributed by atoms with Gasteiger partial charge in [-0.15, -0.1) is 0 Å². The lowest BCUT2D eigenvalue weighted by molar-refractivity contribution is -0.130. The van der Waals surface area contributed by atoms with Crippen molar-refractivity contribution in [1.82, 2.24) is 19.6 Å². The van der Waals surface area contributed by atoms with E-state index < -0.39 is 0 Å². The maximum atomic E-state index is 12.5. The Morgan fingerprint density at radius 2 is 0.648 bits per heavy atom. The lowest BCUT2D eigenvalue weighted by Gasteiger charge is -2.46. The summed E-state index contributed by atoms with van der Waals surface area (Å²) in [5, 5.41) is 98.3. The van der Waals surface area contributed by atoms with Crippen molar-refractivity contribution in [3.63, 3.8) is 0 Å². The molecule has 4 unspecified atom stereocenters. The maximum absolute atomic E-state index is 12.5. The lowest BCUT2D eigenvalue weighted by atomic mass is 9.79. The van der Waals surface area contributed by atoms with Crippen LogP contribution in [0.5, 0.6) is 23.0 Å². The normalized spacial score (nSPS) is 26.8. The molecule has 16 heteroatoms. The molecule has 16 nitrogen and oxygen atoms in total. The van der Waals surface area contributed by atoms with E-state index in [-0.39, 0.29) is 97.6 Å². The summed E-state index contributed by atoms with van der Waals surface area (Å²) in [4.78, 5) is 34.7. The molecule has 0 aliphatic carbocycles. The van der Waals surface area contributed by atoms with Crippen LogP contribution in [0.3, 0.4) is 0 Å². The number of Topliss-reactive ketones (excluding diaryl/α,β-unsaturated/α-hetero) is 2. The number of aliphatic hydroxyl groups excluding tert-OH is 6. The van der Waals surface area contributed by atoms with Crippen LogP contribution in [0.2, 0.25) is 0 Å². The van der Waals surface area contributed by atoms with Crippen LogP contribution in [0.15, 0.2) is 48.5 Å². The van der Waals surface area contributed by atoms with E-state index in [2.05, 4.69) is 75.0 Å². The van der Waals surface area contributed by atoms with Gasteiger partial charge >= 0.3 is 0 Å². The van der Waals surface area contributed by atoms with Gasteiger partial charge in [0.05, 0.1) is 38.6 Å². The zero-order valence-electron chi connectivity index (χ0n) is 53.7. The molecule has 484 valence electrons. The van der Waals surface area contributed by atoms with Gasteiger partial charge in [-0.2, -0.15) is 0 Å². The molecule has 4 saturated heterocycles. The molecule has 0 amide bonds. The highest BCUT2D eigenvalue weighted by Gasteiger charge is 2.43. The Kier molecular flexibility index (Phi) is 22.6. The molecule has 0 bridgehead atoms. The van der Waals surface area contributed by atoms with E-state index in [4.69, 9.17) is 0 Å². The second kappa shape index (κ2) is 29.5. The van der Waals surface area contributed by atoms with Gasteiger partial charge in [-0.05, 0) is 193 Å². The molecule has 0 spiro atoms. The van der Waals surface area contributed by atoms with Crippen LogP contribution in [0.25, 0.3) is 0 Å². The summed E-state index contributed by atoms with van der Waals surface area (Å²) < 4.78 is 0. The van der Waals surface area contributed by atoms with E-state index in [1.54, 1.807) is 24.3 Å². The summed E-state index contributed by atoms with van der Waals surface area (Å²) in [7, 11) is 0. The Labute approximate surface area is 522 Å². The molecule has 4 fully saturated rings. The third-order valence-corrected chi connectivity index (χ3v) is 20.5. The van der Waals surface area contributed by atoms with Crippen LogP contribution < -0.4 is 0 Å². The highest BCUT2D eigenvalue weighted by molar-refractivity contribution is 5.83. The number of aliphatic hydroxyl groups is 6. The van der Waals surface area contributed by atoms with Crippen LogP contribution in [0, 0.1) is 47.3 Å². The van der Waals surface area contributed by atoms with Crippen molar-refractivity contribution >= 4 is 11.6 Å². The minimum Gasteiger partial charge on any atom is -0.508 e. The SMILES string of the molecule is CC(C)CC1CN2CCc3cc(O)c(CO)cc3[C@H]2CC1=O.CC(C)CC1CN2CCc3cc(O)c(CO)cc3[C@H]2C[C@@H]1O.CC(C)C[C@H]1CN2CCc3cc(O)c(CO)cc3C2CC1=O.CC(C)C[C@H]1CN2CCc3cc(O)c(CO)cc3C2C[C@H]1O. The van der Waals surface area contributed by atoms with E-state index in [1.807, 2.05) is 24.3 Å². The second-order valence-corrected chi connectivity index (χ2v) is 28.8. The van der Waals surface area contributed by atoms with E-state index in [0.29, 0.717) is 82.2 Å². The number of hydrogen-bond acceptors (Lipinski definition) is 16. The molecule has 12 rings (SSSR count). The van der Waals surface area contributed by atoms with Crippen LogP contribution in [0.1, 0.15) is 198 Å². The van der Waals surface area contributed by atoms with Gasteiger partial charge in [0.15, 0.2) is 0 Å². The zero-order valence-corrected chi connectivity index (χ0v) is 53.7. The fourth-order valence-corrected chi connectivity index (χ4v) is 16.2. The highest BCUT2D eigenvalue weighted by Crippen LogP contribution is 2.46. The van der Waals surface area contributed by atoms with E-state index in [9.17, 15) is 60.7 Å². The monoisotopic (exact) mass is 1220 g/mol. The van der Waals surface area contributed by atoms with Gasteiger partial charge in [0.1, 0.15) is 34.6 Å². The molecule has 0 aromatic heterocycles. The van der Waals surface area contributed by atoms with Crippen molar-refractivity contribution in [2.75, 3.05) is 52.4 Å². The van der Waals surface area contributed by atoms with Gasteiger partial charge in [-0.3, -0.25) is 29.2 Å². The van der Waals surface area contributed by atoms with Crippen molar-refractivity contribution < 1.29 is 60.7 Å². The van der Waals surface area contributed by atoms with Crippen molar-refractivity contribution in [2.45, 2.75) is 195 Å². The van der Waals surface area contributed by atoms with Crippen molar-refractivity contribution in [3.05, 3.63) is 115 Å². The van der Waals surface area contributed by atoms with Crippen LogP contribution in [-0.4, -0.2) is 147 Å². The summed E-state index contributed by atoms with van der Waals surface area (Å²) in [5.41, 5.74) is 11.4. The predicted molar refractivity (Wildman–Crippen MR) is 340 cm³/mol. The van der Waals surface area contributed by atoms with Gasteiger partial charge in [-0.1, -0.05) is 55.4 Å². The first-order valence-corrected chi connectivity index (χ1v) is 33.2. The number of carbonyl (C=O) groups is 2. The fraction of sp³-hybridized carbons (Fsp3) is 0.639. The molecule has 10 N–H and O–H groups in total. The first-order chi connectivity index (χ1) is 42.0. The van der Waals surface area contributed by atoms with Crippen molar-refractivity contribution in [2.24, 2.45) is 47.3 Å². The smallest absolute Gasteiger partial charge is 0.139 e. The van der Waals surface area contributed by atoms with Gasteiger partial charge < -0.3 is 51.1 Å². The zero-order chi connectivity index (χ0) is 63.4. The number of rotatable bonds is 12. The minimum atomic E-state index is -0.263. The topological polar surface area (TPSA) is 249 Å². The quantitative estimate of drug-likeness (QED) is 0.0635. The Morgan fingerprint density at radius 3 is 0.909 bits per heavy atom. The second-order valence-electron chi connectivity index (χ2n) is 28.8.